The second-order valence-corrected chi connectivity index (χ2v) is 12.8. The molecule has 0 aliphatic rings. The van der Waals surface area contributed by atoms with Gasteiger partial charge in [-0.25, -0.2) is 0 Å². The molecule has 0 heterocycles. The van der Waals surface area contributed by atoms with E-state index in [1.807, 2.05) is 0 Å². The topological polar surface area (TPSA) is 121 Å². The summed E-state index contributed by atoms with van der Waals surface area (Å²) in [6.07, 6.45) is 17.2. The number of carbonyl (C=O) groups excluding carboxylic acids is 2. The molecule has 8 heteroatoms. The molecule has 0 saturated heterocycles. The van der Waals surface area contributed by atoms with Crippen LogP contribution < -0.4 is 10.2 Å². The van der Waals surface area contributed by atoms with E-state index in [2.05, 4.69) is 55.4 Å². The third-order valence-corrected chi connectivity index (χ3v) is 8.67. The number of nitrogens with zero attached hydrogens (tertiary/aromatic N) is 2. The van der Waals surface area contributed by atoms with Crippen LogP contribution in [0.1, 0.15) is 158 Å². The van der Waals surface area contributed by atoms with Crippen LogP contribution in [0, 0.1) is 0 Å². The van der Waals surface area contributed by atoms with Crippen LogP contribution in [0.15, 0.2) is 0 Å². The lowest BCUT2D eigenvalue weighted by Crippen LogP contribution is -2.51. The van der Waals surface area contributed by atoms with E-state index in [-0.39, 0.29) is 0 Å². The number of unbranched alkanes of at least 4 members (excludes halogenated alkanes) is 8. The molecule has 0 aromatic rings. The second-order valence-electron chi connectivity index (χ2n) is 12.8. The van der Waals surface area contributed by atoms with Crippen LogP contribution in [-0.4, -0.2) is 95.7 Å². The number of quaternary nitrogens is 2. The summed E-state index contributed by atoms with van der Waals surface area (Å²) in [4.78, 5) is 19.3. The van der Waals surface area contributed by atoms with Gasteiger partial charge in [-0.1, -0.05) is 107 Å². The minimum atomic E-state index is -2.44. The van der Waals surface area contributed by atoms with E-state index < -0.39 is 24.1 Å². The minimum absolute atomic E-state index is 1.35. The number of carboxylic acid groups (broad SMARTS) is 2. The lowest BCUT2D eigenvalue weighted by Gasteiger charge is -2.39. The van der Waals surface area contributed by atoms with Crippen molar-refractivity contribution in [2.24, 2.45) is 0 Å². The van der Waals surface area contributed by atoms with E-state index in [0.29, 0.717) is 0 Å². The Bertz CT molecular complexity index is 517. The van der Waals surface area contributed by atoms with Crippen molar-refractivity contribution in [2.45, 2.75) is 170 Å². The summed E-state index contributed by atoms with van der Waals surface area (Å²) in [5.74, 6) is -4.12. The van der Waals surface area contributed by atoms with E-state index in [9.17, 15) is 19.8 Å². The van der Waals surface area contributed by atoms with Gasteiger partial charge in [0.05, 0.1) is 64.3 Å². The molecule has 0 saturated carbocycles. The number of aliphatic carboxylic acids is 2. The first-order valence-electron chi connectivity index (χ1n) is 18.4. The van der Waals surface area contributed by atoms with Crippen LogP contribution in [0.25, 0.3) is 0 Å². The predicted molar refractivity (Wildman–Crippen MR) is 181 cm³/mol. The number of carboxylic acids is 2. The summed E-state index contributed by atoms with van der Waals surface area (Å²) >= 11 is 0. The number of hydrogen-bond acceptors (Lipinski definition) is 6. The molecule has 0 aliphatic carbocycles. The first-order valence-corrected chi connectivity index (χ1v) is 18.4. The Morgan fingerprint density at radius 3 is 0.636 bits per heavy atom. The predicted octanol–water partition coefficient (Wildman–Crippen LogP) is 5.22. The molecular weight excluding hydrogens is 556 g/mol. The quantitative estimate of drug-likeness (QED) is 0.120. The van der Waals surface area contributed by atoms with Crippen molar-refractivity contribution in [1.82, 2.24) is 0 Å². The van der Waals surface area contributed by atoms with E-state index >= 15 is 0 Å². The van der Waals surface area contributed by atoms with Crippen LogP contribution in [-0.2, 0) is 9.59 Å². The molecule has 0 bridgehead atoms. The lowest BCUT2D eigenvalue weighted by atomic mass is 10.1. The molecule has 8 nitrogen and oxygen atoms in total. The first kappa shape index (κ1) is 47.2. The van der Waals surface area contributed by atoms with Crippen LogP contribution in [0.4, 0.5) is 0 Å². The third-order valence-electron chi connectivity index (χ3n) is 8.67. The highest BCUT2D eigenvalue weighted by Gasteiger charge is 2.25. The standard InChI is InChI=1S/2C16H36N.C4H6O6/c2*1-5-9-13-17(14-10-6-2,15-11-7-3)16-12-8-4;5-1(3(7)8)2(6)4(9)10/h2*5-16H2,1-4H3;1-2,5-6H,(H,7,8)(H,9,10)/q2*+1;/p-2. The zero-order valence-electron chi connectivity index (χ0n) is 30.5. The van der Waals surface area contributed by atoms with Gasteiger partial charge in [-0.2, -0.15) is 0 Å². The van der Waals surface area contributed by atoms with Gasteiger partial charge < -0.3 is 39.0 Å². The first-order chi connectivity index (χ1) is 20.9. The van der Waals surface area contributed by atoms with Crippen molar-refractivity contribution in [3.8, 4) is 0 Å². The van der Waals surface area contributed by atoms with Crippen molar-refractivity contribution >= 4 is 11.9 Å². The number of hydrogen-bond donors (Lipinski definition) is 2. The van der Waals surface area contributed by atoms with Crippen LogP contribution in [0.2, 0.25) is 0 Å². The molecule has 0 aromatic heterocycles. The molecule has 44 heavy (non-hydrogen) atoms. The molecular formula is C36H76N2O6. The van der Waals surface area contributed by atoms with Crippen molar-refractivity contribution in [2.75, 3.05) is 52.4 Å². The van der Waals surface area contributed by atoms with Crippen molar-refractivity contribution < 1.29 is 39.0 Å². The van der Waals surface area contributed by atoms with Gasteiger partial charge in [-0.15, -0.1) is 0 Å². The zero-order valence-corrected chi connectivity index (χ0v) is 30.5. The highest BCUT2D eigenvalue weighted by molar-refractivity contribution is 5.80. The summed E-state index contributed by atoms with van der Waals surface area (Å²) < 4.78 is 2.84. The van der Waals surface area contributed by atoms with Gasteiger partial charge >= 0.3 is 0 Å². The van der Waals surface area contributed by atoms with E-state index in [4.69, 9.17) is 10.2 Å². The fourth-order valence-corrected chi connectivity index (χ4v) is 5.55. The Labute approximate surface area is 273 Å². The van der Waals surface area contributed by atoms with Gasteiger partial charge in [0, 0.05) is 0 Å². The number of rotatable bonds is 27. The SMILES string of the molecule is CCCC[N+](CCCC)(CCCC)CCCC.CCCC[N+](CCCC)(CCCC)CCCC.O=C([O-])C(O)C(O)C(=O)[O-]. The van der Waals surface area contributed by atoms with E-state index in [0.717, 1.165) is 0 Å². The third kappa shape index (κ3) is 25.0. The molecule has 0 amide bonds. The minimum Gasteiger partial charge on any atom is -0.547 e. The van der Waals surface area contributed by atoms with Gasteiger partial charge in [0.1, 0.15) is 12.2 Å². The van der Waals surface area contributed by atoms with Gasteiger partial charge in [0.15, 0.2) is 0 Å². The molecule has 0 spiro atoms. The Morgan fingerprint density at radius 1 is 0.409 bits per heavy atom. The molecule has 0 aliphatic heterocycles. The van der Waals surface area contributed by atoms with Crippen molar-refractivity contribution in [1.29, 1.82) is 0 Å². The average Bonchev–Trinajstić information content (AvgIpc) is 3.03. The maximum Gasteiger partial charge on any atom is 0.124 e. The number of carbonyl (C=O) groups is 2. The Hall–Kier alpha value is -1.22. The maximum atomic E-state index is 9.63. The van der Waals surface area contributed by atoms with Gasteiger partial charge in [0.25, 0.3) is 0 Å². The van der Waals surface area contributed by atoms with Crippen molar-refractivity contribution in [3.63, 3.8) is 0 Å². The fraction of sp³-hybridized carbons (Fsp3) is 0.944. The van der Waals surface area contributed by atoms with Gasteiger partial charge in [-0.05, 0) is 51.4 Å². The van der Waals surface area contributed by atoms with Gasteiger partial charge in [-0.3, -0.25) is 0 Å². The maximum absolute atomic E-state index is 9.63. The molecule has 2 atom stereocenters. The van der Waals surface area contributed by atoms with Crippen LogP contribution >= 0.6 is 0 Å². The second kappa shape index (κ2) is 31.7. The van der Waals surface area contributed by atoms with Crippen LogP contribution in [0.3, 0.4) is 0 Å². The molecule has 2 unspecified atom stereocenters. The lowest BCUT2D eigenvalue weighted by molar-refractivity contribution is -0.929. The molecule has 2 N–H and O–H groups in total. The zero-order chi connectivity index (χ0) is 34.3. The molecule has 0 radical (unpaired) electrons. The fourth-order valence-electron chi connectivity index (χ4n) is 5.55. The summed E-state index contributed by atoms with van der Waals surface area (Å²) in [7, 11) is 0. The van der Waals surface area contributed by atoms with E-state index in [1.165, 1.54) is 164 Å². The van der Waals surface area contributed by atoms with Crippen molar-refractivity contribution in [3.05, 3.63) is 0 Å². The molecule has 0 aromatic carbocycles. The Balaban J connectivity index is -0.000000594. The monoisotopic (exact) mass is 633 g/mol. The number of aliphatic hydroxyl groups is 2. The highest BCUT2D eigenvalue weighted by Crippen LogP contribution is 2.17. The molecule has 0 rings (SSSR count). The Kier molecular flexibility index (Phi) is 34.1. The summed E-state index contributed by atoms with van der Waals surface area (Å²) in [5.41, 5.74) is 0. The summed E-state index contributed by atoms with van der Waals surface area (Å²) in [5, 5.41) is 35.7. The summed E-state index contributed by atoms with van der Waals surface area (Å²) in [6, 6.07) is 0. The average molecular weight is 633 g/mol. The van der Waals surface area contributed by atoms with Crippen LogP contribution in [0.5, 0.6) is 0 Å². The van der Waals surface area contributed by atoms with E-state index in [1.54, 1.807) is 0 Å². The largest absolute Gasteiger partial charge is 0.547 e. The molecule has 266 valence electrons. The molecule has 0 fully saturated rings. The summed E-state index contributed by atoms with van der Waals surface area (Å²) in [6.45, 7) is 30.0. The smallest absolute Gasteiger partial charge is 0.124 e. The Morgan fingerprint density at radius 2 is 0.545 bits per heavy atom. The number of aliphatic hydroxyl groups excluding tert-OH is 2. The highest BCUT2D eigenvalue weighted by atomic mass is 16.4. The normalized spacial score (nSPS) is 12.9. The van der Waals surface area contributed by atoms with Gasteiger partial charge in [0.2, 0.25) is 0 Å².